The van der Waals surface area contributed by atoms with Gasteiger partial charge in [-0.25, -0.2) is 4.39 Å². The zero-order valence-electron chi connectivity index (χ0n) is 9.09. The summed E-state index contributed by atoms with van der Waals surface area (Å²) < 4.78 is 18.5. The van der Waals surface area contributed by atoms with E-state index in [-0.39, 0.29) is 11.9 Å². The lowest BCUT2D eigenvalue weighted by Crippen LogP contribution is -2.26. The highest BCUT2D eigenvalue weighted by Gasteiger charge is 2.23. The molecule has 2 nitrogen and oxygen atoms in total. The van der Waals surface area contributed by atoms with Crippen molar-refractivity contribution in [1.29, 1.82) is 0 Å². The summed E-state index contributed by atoms with van der Waals surface area (Å²) in [5, 5.41) is 3.37. The van der Waals surface area contributed by atoms with E-state index in [1.54, 1.807) is 13.0 Å². The van der Waals surface area contributed by atoms with Crippen molar-refractivity contribution in [2.45, 2.75) is 32.4 Å². The van der Waals surface area contributed by atoms with E-state index in [9.17, 15) is 4.39 Å². The minimum absolute atomic E-state index is 0.156. The fourth-order valence-electron chi connectivity index (χ4n) is 1.87. The molecule has 0 bridgehead atoms. The van der Waals surface area contributed by atoms with Crippen LogP contribution in [-0.2, 0) is 4.74 Å². The van der Waals surface area contributed by atoms with Crippen LogP contribution in [0.5, 0.6) is 0 Å². The predicted octanol–water partition coefficient (Wildman–Crippen LogP) is 2.72. The molecular formula is C12H16FNO. The Hall–Kier alpha value is -1.09. The van der Waals surface area contributed by atoms with E-state index < -0.39 is 0 Å². The van der Waals surface area contributed by atoms with E-state index in [1.165, 1.54) is 6.07 Å². The van der Waals surface area contributed by atoms with E-state index in [2.05, 4.69) is 12.2 Å². The molecule has 0 aromatic heterocycles. The first-order chi connectivity index (χ1) is 7.16. The molecule has 0 aliphatic carbocycles. The average molecular weight is 209 g/mol. The molecular weight excluding hydrogens is 193 g/mol. The Labute approximate surface area is 89.4 Å². The highest BCUT2D eigenvalue weighted by atomic mass is 19.1. The number of hydrogen-bond acceptors (Lipinski definition) is 2. The second kappa shape index (κ2) is 4.19. The Bertz CT molecular complexity index is 353. The molecule has 2 atom stereocenters. The van der Waals surface area contributed by atoms with Gasteiger partial charge in [-0.3, -0.25) is 0 Å². The molecule has 1 saturated heterocycles. The Balaban J connectivity index is 2.07. The molecule has 1 aromatic carbocycles. The summed E-state index contributed by atoms with van der Waals surface area (Å²) in [6, 6.07) is 5.45. The highest BCUT2D eigenvalue weighted by molar-refractivity contribution is 5.47. The lowest BCUT2D eigenvalue weighted by molar-refractivity contribution is 0.121. The molecule has 82 valence electrons. The van der Waals surface area contributed by atoms with Crippen LogP contribution in [0.15, 0.2) is 18.2 Å². The van der Waals surface area contributed by atoms with Crippen LogP contribution in [0.3, 0.4) is 0 Å². The Morgan fingerprint density at radius 1 is 1.47 bits per heavy atom. The van der Waals surface area contributed by atoms with Crippen molar-refractivity contribution in [2.75, 3.05) is 11.9 Å². The molecule has 2 rings (SSSR count). The maximum absolute atomic E-state index is 13.0. The maximum atomic E-state index is 13.0. The van der Waals surface area contributed by atoms with Crippen LogP contribution in [0.25, 0.3) is 0 Å². The smallest absolute Gasteiger partial charge is 0.126 e. The van der Waals surface area contributed by atoms with E-state index in [4.69, 9.17) is 4.74 Å². The molecule has 0 spiro atoms. The summed E-state index contributed by atoms with van der Waals surface area (Å²) in [6.07, 6.45) is 1.24. The lowest BCUT2D eigenvalue weighted by Gasteiger charge is -2.17. The Morgan fingerprint density at radius 2 is 2.27 bits per heavy atom. The SMILES string of the molecule is Cc1cc(N[C@@H]2CCO[C@@H]2C)ccc1F. The van der Waals surface area contributed by atoms with Crippen LogP contribution >= 0.6 is 0 Å². The summed E-state index contributed by atoms with van der Waals surface area (Å²) in [6.45, 7) is 4.63. The van der Waals surface area contributed by atoms with Crippen molar-refractivity contribution in [3.63, 3.8) is 0 Å². The van der Waals surface area contributed by atoms with E-state index in [1.807, 2.05) is 6.07 Å². The van der Waals surface area contributed by atoms with Crippen molar-refractivity contribution in [3.05, 3.63) is 29.6 Å². The quantitative estimate of drug-likeness (QED) is 0.808. The van der Waals surface area contributed by atoms with Gasteiger partial charge in [0, 0.05) is 12.3 Å². The van der Waals surface area contributed by atoms with Crippen molar-refractivity contribution >= 4 is 5.69 Å². The lowest BCUT2D eigenvalue weighted by atomic mass is 10.1. The second-order valence-corrected chi connectivity index (χ2v) is 4.08. The van der Waals surface area contributed by atoms with Crippen LogP contribution in [-0.4, -0.2) is 18.8 Å². The summed E-state index contributed by atoms with van der Waals surface area (Å²) in [4.78, 5) is 0. The summed E-state index contributed by atoms with van der Waals surface area (Å²) >= 11 is 0. The van der Waals surface area contributed by atoms with Gasteiger partial charge >= 0.3 is 0 Å². The van der Waals surface area contributed by atoms with Gasteiger partial charge in [0.2, 0.25) is 0 Å². The van der Waals surface area contributed by atoms with Gasteiger partial charge in [-0.15, -0.1) is 0 Å². The summed E-state index contributed by atoms with van der Waals surface area (Å²) in [5.74, 6) is -0.156. The number of ether oxygens (including phenoxy) is 1. The first-order valence-electron chi connectivity index (χ1n) is 5.31. The van der Waals surface area contributed by atoms with E-state index >= 15 is 0 Å². The number of nitrogens with one attached hydrogen (secondary N) is 1. The maximum Gasteiger partial charge on any atom is 0.126 e. The number of hydrogen-bond donors (Lipinski definition) is 1. The van der Waals surface area contributed by atoms with Gasteiger partial charge in [0.05, 0.1) is 12.1 Å². The van der Waals surface area contributed by atoms with Gasteiger partial charge in [-0.1, -0.05) is 0 Å². The van der Waals surface area contributed by atoms with E-state index in [0.29, 0.717) is 11.6 Å². The van der Waals surface area contributed by atoms with Crippen molar-refractivity contribution in [1.82, 2.24) is 0 Å². The van der Waals surface area contributed by atoms with Gasteiger partial charge in [0.25, 0.3) is 0 Å². The molecule has 3 heteroatoms. The molecule has 1 heterocycles. The largest absolute Gasteiger partial charge is 0.380 e. The average Bonchev–Trinajstić information content (AvgIpc) is 2.59. The molecule has 1 aliphatic heterocycles. The van der Waals surface area contributed by atoms with Gasteiger partial charge < -0.3 is 10.1 Å². The third-order valence-electron chi connectivity index (χ3n) is 2.89. The Kier molecular flexibility index (Phi) is 2.91. The molecule has 1 fully saturated rings. The molecule has 0 amide bonds. The minimum Gasteiger partial charge on any atom is -0.380 e. The van der Waals surface area contributed by atoms with Crippen LogP contribution in [0, 0.1) is 12.7 Å². The third kappa shape index (κ3) is 2.29. The van der Waals surface area contributed by atoms with Gasteiger partial charge in [-0.2, -0.15) is 0 Å². The minimum atomic E-state index is -0.156. The molecule has 1 aliphatic rings. The van der Waals surface area contributed by atoms with Gasteiger partial charge in [-0.05, 0) is 44.0 Å². The third-order valence-corrected chi connectivity index (χ3v) is 2.89. The molecule has 15 heavy (non-hydrogen) atoms. The number of aryl methyl sites for hydroxylation is 1. The normalized spacial score (nSPS) is 25.5. The number of rotatable bonds is 2. The molecule has 0 radical (unpaired) electrons. The molecule has 1 N–H and O–H groups in total. The standard InChI is InChI=1S/C12H16FNO/c1-8-7-10(3-4-11(8)13)14-12-5-6-15-9(12)2/h3-4,7,9,12,14H,5-6H2,1-2H3/t9-,12-/m1/s1. The molecule has 0 unspecified atom stereocenters. The zero-order chi connectivity index (χ0) is 10.8. The van der Waals surface area contributed by atoms with Crippen LogP contribution in [0.2, 0.25) is 0 Å². The summed E-state index contributed by atoms with van der Waals surface area (Å²) in [5.41, 5.74) is 1.64. The highest BCUT2D eigenvalue weighted by Crippen LogP contribution is 2.20. The van der Waals surface area contributed by atoms with Gasteiger partial charge in [0.15, 0.2) is 0 Å². The zero-order valence-corrected chi connectivity index (χ0v) is 9.09. The predicted molar refractivity (Wildman–Crippen MR) is 58.6 cm³/mol. The van der Waals surface area contributed by atoms with Crippen molar-refractivity contribution < 1.29 is 9.13 Å². The second-order valence-electron chi connectivity index (χ2n) is 4.08. The van der Waals surface area contributed by atoms with Crippen molar-refractivity contribution in [2.24, 2.45) is 0 Å². The van der Waals surface area contributed by atoms with Crippen LogP contribution in [0.4, 0.5) is 10.1 Å². The van der Waals surface area contributed by atoms with Crippen LogP contribution < -0.4 is 5.32 Å². The fourth-order valence-corrected chi connectivity index (χ4v) is 1.87. The molecule has 0 saturated carbocycles. The fraction of sp³-hybridized carbons (Fsp3) is 0.500. The van der Waals surface area contributed by atoms with Crippen molar-refractivity contribution in [3.8, 4) is 0 Å². The number of anilines is 1. The first-order valence-corrected chi connectivity index (χ1v) is 5.31. The Morgan fingerprint density at radius 3 is 2.87 bits per heavy atom. The summed E-state index contributed by atoms with van der Waals surface area (Å²) in [7, 11) is 0. The topological polar surface area (TPSA) is 21.3 Å². The van der Waals surface area contributed by atoms with E-state index in [0.717, 1.165) is 18.7 Å². The molecule has 1 aromatic rings. The number of benzene rings is 1. The van der Waals surface area contributed by atoms with Crippen LogP contribution in [0.1, 0.15) is 18.9 Å². The monoisotopic (exact) mass is 209 g/mol. The first kappa shape index (κ1) is 10.4. The number of halogens is 1. The van der Waals surface area contributed by atoms with Gasteiger partial charge in [0.1, 0.15) is 5.82 Å².